The molecule has 0 aromatic heterocycles. The van der Waals surface area contributed by atoms with Crippen LogP contribution in [-0.2, 0) is 4.74 Å². The fourth-order valence-electron chi connectivity index (χ4n) is 3.71. The molecule has 1 spiro atoms. The molecule has 2 unspecified atom stereocenters. The van der Waals surface area contributed by atoms with Crippen LogP contribution in [0.25, 0.3) is 0 Å². The quantitative estimate of drug-likeness (QED) is 0.607. The van der Waals surface area contributed by atoms with Crippen molar-refractivity contribution in [2.24, 2.45) is 16.1 Å². The first kappa shape index (κ1) is 14.6. The second kappa shape index (κ2) is 6.12. The van der Waals surface area contributed by atoms with Gasteiger partial charge in [0.2, 0.25) is 0 Å². The minimum Gasteiger partial charge on any atom is -0.378 e. The first-order chi connectivity index (χ1) is 9.08. The van der Waals surface area contributed by atoms with E-state index in [1.165, 1.54) is 32.1 Å². The largest absolute Gasteiger partial charge is 0.378 e. The summed E-state index contributed by atoms with van der Waals surface area (Å²) in [6.07, 6.45) is 7.92. The summed E-state index contributed by atoms with van der Waals surface area (Å²) in [5.74, 6) is 0.597. The van der Waals surface area contributed by atoms with Crippen molar-refractivity contribution in [2.45, 2.75) is 77.5 Å². The number of hydrogen-bond acceptors (Lipinski definition) is 2. The van der Waals surface area contributed by atoms with Crippen molar-refractivity contribution in [2.75, 3.05) is 6.61 Å². The minimum atomic E-state index is 0.275. The molecule has 0 saturated heterocycles. The maximum atomic E-state index is 5.99. The highest BCUT2D eigenvalue weighted by molar-refractivity contribution is 5.78. The van der Waals surface area contributed by atoms with Crippen LogP contribution in [0.4, 0.5) is 0 Å². The van der Waals surface area contributed by atoms with Crippen LogP contribution in [0.3, 0.4) is 0 Å². The lowest BCUT2D eigenvalue weighted by molar-refractivity contribution is -0.139. The Balaban J connectivity index is 2.04. The van der Waals surface area contributed by atoms with Gasteiger partial charge in [0.15, 0.2) is 5.96 Å². The van der Waals surface area contributed by atoms with Gasteiger partial charge in [0, 0.05) is 18.1 Å². The molecule has 2 saturated carbocycles. The van der Waals surface area contributed by atoms with E-state index in [0.29, 0.717) is 24.1 Å². The Kier molecular flexibility index (Phi) is 4.71. The number of hydrogen-bond donors (Lipinski definition) is 2. The highest BCUT2D eigenvalue weighted by Crippen LogP contribution is 2.54. The highest BCUT2D eigenvalue weighted by Gasteiger charge is 2.55. The Morgan fingerprint density at radius 3 is 2.63 bits per heavy atom. The van der Waals surface area contributed by atoms with Gasteiger partial charge in [0.25, 0.3) is 0 Å². The molecule has 0 heterocycles. The van der Waals surface area contributed by atoms with E-state index >= 15 is 0 Å². The molecule has 2 fully saturated rings. The Bertz CT molecular complexity index is 321. The van der Waals surface area contributed by atoms with E-state index < -0.39 is 0 Å². The Labute approximate surface area is 117 Å². The van der Waals surface area contributed by atoms with Crippen LogP contribution in [-0.4, -0.2) is 30.8 Å². The average molecular weight is 267 g/mol. The fourth-order valence-corrected chi connectivity index (χ4v) is 3.71. The third kappa shape index (κ3) is 3.04. The topological polar surface area (TPSA) is 59.6 Å². The van der Waals surface area contributed by atoms with Gasteiger partial charge >= 0.3 is 0 Å². The SMILES string of the molecule is CCOC1CC(N=C(N)NC(C)C)C12CCCCC2. The summed E-state index contributed by atoms with van der Waals surface area (Å²) in [4.78, 5) is 4.74. The van der Waals surface area contributed by atoms with E-state index in [-0.39, 0.29) is 5.41 Å². The smallest absolute Gasteiger partial charge is 0.189 e. The van der Waals surface area contributed by atoms with Gasteiger partial charge in [-0.2, -0.15) is 0 Å². The number of rotatable bonds is 4. The Morgan fingerprint density at radius 1 is 1.37 bits per heavy atom. The summed E-state index contributed by atoms with van der Waals surface area (Å²) in [5.41, 5.74) is 6.27. The van der Waals surface area contributed by atoms with Gasteiger partial charge in [-0.15, -0.1) is 0 Å². The lowest BCUT2D eigenvalue weighted by atomic mass is 9.55. The second-order valence-electron chi connectivity index (χ2n) is 6.30. The molecule has 4 heteroatoms. The molecule has 19 heavy (non-hydrogen) atoms. The minimum absolute atomic E-state index is 0.275. The van der Waals surface area contributed by atoms with E-state index in [4.69, 9.17) is 15.5 Å². The average Bonchev–Trinajstić information content (AvgIpc) is 2.38. The van der Waals surface area contributed by atoms with Crippen LogP contribution in [0, 0.1) is 5.41 Å². The normalized spacial score (nSPS) is 30.4. The van der Waals surface area contributed by atoms with Gasteiger partial charge in [-0.3, -0.25) is 0 Å². The molecule has 2 rings (SSSR count). The van der Waals surface area contributed by atoms with Crippen LogP contribution >= 0.6 is 0 Å². The molecular weight excluding hydrogens is 238 g/mol. The molecular formula is C15H29N3O. The summed E-state index contributed by atoms with van der Waals surface area (Å²) < 4.78 is 5.93. The lowest BCUT2D eigenvalue weighted by Crippen LogP contribution is -2.59. The number of nitrogens with one attached hydrogen (secondary N) is 1. The first-order valence-corrected chi connectivity index (χ1v) is 7.80. The van der Waals surface area contributed by atoms with Gasteiger partial charge in [0.1, 0.15) is 0 Å². The molecule has 4 nitrogen and oxygen atoms in total. The zero-order valence-corrected chi connectivity index (χ0v) is 12.6. The molecule has 110 valence electrons. The molecule has 0 aromatic rings. The van der Waals surface area contributed by atoms with E-state index in [2.05, 4.69) is 26.1 Å². The van der Waals surface area contributed by atoms with Gasteiger partial charge in [-0.25, -0.2) is 4.99 Å². The van der Waals surface area contributed by atoms with Crippen molar-refractivity contribution >= 4 is 5.96 Å². The van der Waals surface area contributed by atoms with Crippen LogP contribution in [0.15, 0.2) is 4.99 Å². The molecule has 2 atom stereocenters. The standard InChI is InChI=1S/C15H29N3O/c1-4-19-13-10-12(18-14(16)17-11(2)3)15(13)8-6-5-7-9-15/h11-13H,4-10H2,1-3H3,(H3,16,17,18). The monoisotopic (exact) mass is 267 g/mol. The van der Waals surface area contributed by atoms with Crippen molar-refractivity contribution in [1.29, 1.82) is 0 Å². The lowest BCUT2D eigenvalue weighted by Gasteiger charge is -2.56. The second-order valence-corrected chi connectivity index (χ2v) is 6.30. The van der Waals surface area contributed by atoms with Crippen LogP contribution in [0.5, 0.6) is 0 Å². The summed E-state index contributed by atoms with van der Waals surface area (Å²) in [7, 11) is 0. The number of aliphatic imine (C=N–C) groups is 1. The molecule has 2 aliphatic rings. The molecule has 0 bridgehead atoms. The van der Waals surface area contributed by atoms with Crippen LogP contribution in [0.1, 0.15) is 59.3 Å². The maximum absolute atomic E-state index is 5.99. The van der Waals surface area contributed by atoms with E-state index in [1.807, 2.05) is 0 Å². The fraction of sp³-hybridized carbons (Fsp3) is 0.933. The number of ether oxygens (including phenoxy) is 1. The molecule has 2 aliphatic carbocycles. The number of nitrogens with two attached hydrogens (primary N) is 1. The summed E-state index contributed by atoms with van der Waals surface area (Å²) in [6, 6.07) is 0.699. The Morgan fingerprint density at radius 2 is 2.05 bits per heavy atom. The van der Waals surface area contributed by atoms with E-state index in [9.17, 15) is 0 Å². The molecule has 0 amide bonds. The van der Waals surface area contributed by atoms with E-state index in [1.54, 1.807) is 0 Å². The third-order valence-corrected chi connectivity index (χ3v) is 4.63. The van der Waals surface area contributed by atoms with Crippen molar-refractivity contribution in [3.63, 3.8) is 0 Å². The molecule has 0 aromatic carbocycles. The predicted molar refractivity (Wildman–Crippen MR) is 79.2 cm³/mol. The number of guanidine groups is 1. The Hall–Kier alpha value is -0.770. The van der Waals surface area contributed by atoms with Gasteiger partial charge in [-0.05, 0) is 40.0 Å². The van der Waals surface area contributed by atoms with Gasteiger partial charge in [-0.1, -0.05) is 19.3 Å². The highest BCUT2D eigenvalue weighted by atomic mass is 16.5. The summed E-state index contributed by atoms with van der Waals surface area (Å²) in [5, 5.41) is 3.20. The van der Waals surface area contributed by atoms with Gasteiger partial charge in [0.05, 0.1) is 12.1 Å². The summed E-state index contributed by atoms with van der Waals surface area (Å²) in [6.45, 7) is 7.06. The summed E-state index contributed by atoms with van der Waals surface area (Å²) >= 11 is 0. The molecule has 3 N–H and O–H groups in total. The van der Waals surface area contributed by atoms with Crippen molar-refractivity contribution in [3.8, 4) is 0 Å². The van der Waals surface area contributed by atoms with E-state index in [0.717, 1.165) is 13.0 Å². The van der Waals surface area contributed by atoms with Crippen molar-refractivity contribution < 1.29 is 4.74 Å². The van der Waals surface area contributed by atoms with Crippen molar-refractivity contribution in [3.05, 3.63) is 0 Å². The maximum Gasteiger partial charge on any atom is 0.189 e. The van der Waals surface area contributed by atoms with Crippen molar-refractivity contribution in [1.82, 2.24) is 5.32 Å². The molecule has 0 radical (unpaired) electrons. The zero-order valence-electron chi connectivity index (χ0n) is 12.6. The third-order valence-electron chi connectivity index (χ3n) is 4.63. The van der Waals surface area contributed by atoms with Crippen LogP contribution < -0.4 is 11.1 Å². The molecule has 0 aliphatic heterocycles. The number of nitrogens with zero attached hydrogens (tertiary/aromatic N) is 1. The van der Waals surface area contributed by atoms with Crippen LogP contribution in [0.2, 0.25) is 0 Å². The predicted octanol–water partition coefficient (Wildman–Crippen LogP) is 2.43. The van der Waals surface area contributed by atoms with Gasteiger partial charge < -0.3 is 15.8 Å². The first-order valence-electron chi connectivity index (χ1n) is 7.80. The zero-order chi connectivity index (χ0) is 13.9.